The van der Waals surface area contributed by atoms with Crippen molar-refractivity contribution in [1.29, 1.82) is 0 Å². The molecule has 0 aliphatic rings. The summed E-state index contributed by atoms with van der Waals surface area (Å²) in [7, 11) is 0. The molecule has 2 aromatic heterocycles. The van der Waals surface area contributed by atoms with E-state index in [0.717, 1.165) is 0 Å². The molecule has 3 rings (SSSR count). The summed E-state index contributed by atoms with van der Waals surface area (Å²) >= 11 is 0. The van der Waals surface area contributed by atoms with E-state index in [9.17, 15) is 19.2 Å². The Morgan fingerprint density at radius 1 is 1.26 bits per heavy atom. The number of benzene rings is 1. The Bertz CT molecular complexity index is 1080. The van der Waals surface area contributed by atoms with Crippen molar-refractivity contribution in [1.82, 2.24) is 19.9 Å². The Morgan fingerprint density at radius 3 is 2.70 bits per heavy atom. The van der Waals surface area contributed by atoms with Crippen molar-refractivity contribution in [2.75, 3.05) is 5.32 Å². The van der Waals surface area contributed by atoms with Crippen LogP contribution in [0.25, 0.3) is 10.9 Å². The van der Waals surface area contributed by atoms with E-state index in [-0.39, 0.29) is 16.9 Å². The summed E-state index contributed by atoms with van der Waals surface area (Å²) in [5, 5.41) is 5.41. The van der Waals surface area contributed by atoms with Crippen LogP contribution >= 0.6 is 0 Å². The molecule has 3 N–H and O–H groups in total. The van der Waals surface area contributed by atoms with Crippen molar-refractivity contribution in [2.24, 2.45) is 0 Å². The molecule has 0 aliphatic heterocycles. The van der Waals surface area contributed by atoms with Gasteiger partial charge in [-0.1, -0.05) is 6.07 Å². The lowest BCUT2D eigenvalue weighted by molar-refractivity contribution is -0.124. The van der Waals surface area contributed by atoms with Gasteiger partial charge in [-0.2, -0.15) is 0 Å². The average molecular weight is 367 g/mol. The molecule has 0 radical (unpaired) electrons. The number of fused-ring (bicyclic) bond motifs is 1. The highest BCUT2D eigenvalue weighted by Gasteiger charge is 2.18. The van der Waals surface area contributed by atoms with Crippen molar-refractivity contribution in [3.63, 3.8) is 0 Å². The molecule has 0 aliphatic carbocycles. The Balaban J connectivity index is 1.97. The standard InChI is InChI=1S/C18H17N5O4/c1-10(21-11(2)24)17(26)22-14-5-3-4-12-15(14)20-8-13(16(12)25)18(27)23-7-6-19-9-23/h3-10H,1-2H3,(H,20,25)(H,21,24)(H,22,26). The normalized spacial score (nSPS) is 11.8. The number of anilines is 1. The van der Waals surface area contributed by atoms with Crippen LogP contribution < -0.4 is 16.1 Å². The third kappa shape index (κ3) is 3.61. The minimum atomic E-state index is -0.744. The highest BCUT2D eigenvalue weighted by atomic mass is 16.2. The van der Waals surface area contributed by atoms with Crippen molar-refractivity contribution < 1.29 is 14.4 Å². The fraction of sp³-hybridized carbons (Fsp3) is 0.167. The molecule has 0 fully saturated rings. The molecule has 9 heteroatoms. The number of carbonyl (C=O) groups is 3. The molecule has 0 saturated carbocycles. The van der Waals surface area contributed by atoms with Crippen LogP contribution in [0.4, 0.5) is 5.69 Å². The van der Waals surface area contributed by atoms with Crippen LogP contribution in [0.5, 0.6) is 0 Å². The van der Waals surface area contributed by atoms with Gasteiger partial charge >= 0.3 is 0 Å². The van der Waals surface area contributed by atoms with Gasteiger partial charge in [-0.15, -0.1) is 0 Å². The van der Waals surface area contributed by atoms with Gasteiger partial charge in [0.2, 0.25) is 17.2 Å². The molecule has 1 unspecified atom stereocenters. The number of nitrogens with zero attached hydrogens (tertiary/aromatic N) is 2. The lowest BCUT2D eigenvalue weighted by atomic mass is 10.1. The topological polar surface area (TPSA) is 126 Å². The molecule has 138 valence electrons. The van der Waals surface area contributed by atoms with Gasteiger partial charge in [0.25, 0.3) is 5.91 Å². The Morgan fingerprint density at radius 2 is 2.04 bits per heavy atom. The average Bonchev–Trinajstić information content (AvgIpc) is 3.16. The minimum Gasteiger partial charge on any atom is -0.358 e. The second-order valence-corrected chi connectivity index (χ2v) is 5.95. The second kappa shape index (κ2) is 7.24. The number of amides is 2. The highest BCUT2D eigenvalue weighted by Crippen LogP contribution is 2.19. The number of imidazole rings is 1. The van der Waals surface area contributed by atoms with E-state index in [1.54, 1.807) is 25.1 Å². The first-order valence-electron chi connectivity index (χ1n) is 8.13. The van der Waals surface area contributed by atoms with Crippen molar-refractivity contribution >= 4 is 34.3 Å². The first-order valence-corrected chi connectivity index (χ1v) is 8.13. The van der Waals surface area contributed by atoms with Crippen LogP contribution in [0.1, 0.15) is 24.2 Å². The van der Waals surface area contributed by atoms with Gasteiger partial charge in [0, 0.05) is 30.9 Å². The van der Waals surface area contributed by atoms with Gasteiger partial charge in [0.15, 0.2) is 0 Å². The van der Waals surface area contributed by atoms with E-state index < -0.39 is 23.3 Å². The minimum absolute atomic E-state index is 0.0457. The van der Waals surface area contributed by atoms with Crippen LogP contribution in [0.2, 0.25) is 0 Å². The van der Waals surface area contributed by atoms with E-state index in [1.807, 2.05) is 0 Å². The third-order valence-electron chi connectivity index (χ3n) is 3.95. The van der Waals surface area contributed by atoms with Crippen LogP contribution in [-0.2, 0) is 9.59 Å². The maximum Gasteiger partial charge on any atom is 0.268 e. The number of carbonyl (C=O) groups excluding carboxylic acids is 3. The fourth-order valence-corrected chi connectivity index (χ4v) is 2.64. The van der Waals surface area contributed by atoms with Crippen LogP contribution in [-0.4, -0.2) is 38.3 Å². The van der Waals surface area contributed by atoms with Crippen molar-refractivity contribution in [2.45, 2.75) is 19.9 Å². The fourth-order valence-electron chi connectivity index (χ4n) is 2.64. The van der Waals surface area contributed by atoms with Gasteiger partial charge in [-0.05, 0) is 19.1 Å². The number of H-pyrrole nitrogens is 1. The van der Waals surface area contributed by atoms with E-state index >= 15 is 0 Å². The van der Waals surface area contributed by atoms with E-state index in [0.29, 0.717) is 11.2 Å². The zero-order valence-corrected chi connectivity index (χ0v) is 14.6. The van der Waals surface area contributed by atoms with Gasteiger partial charge in [-0.25, -0.2) is 4.98 Å². The van der Waals surface area contributed by atoms with Crippen molar-refractivity contribution in [3.05, 3.63) is 58.9 Å². The molecule has 0 bridgehead atoms. The molecule has 27 heavy (non-hydrogen) atoms. The third-order valence-corrected chi connectivity index (χ3v) is 3.95. The predicted octanol–water partition coefficient (Wildman–Crippen LogP) is 0.876. The predicted molar refractivity (Wildman–Crippen MR) is 98.4 cm³/mol. The number of aromatic nitrogens is 3. The van der Waals surface area contributed by atoms with E-state index in [1.165, 1.54) is 36.4 Å². The van der Waals surface area contributed by atoms with Crippen LogP contribution in [0.3, 0.4) is 0 Å². The van der Waals surface area contributed by atoms with Gasteiger partial charge in [0.05, 0.1) is 11.2 Å². The molecular formula is C18H17N5O4. The van der Waals surface area contributed by atoms with Gasteiger partial charge in [-0.3, -0.25) is 23.7 Å². The SMILES string of the molecule is CC(=O)NC(C)C(=O)Nc1cccc2c(=O)c(C(=O)n3ccnc3)c[nH]c12. The Labute approximate surface area is 153 Å². The number of hydrogen-bond donors (Lipinski definition) is 3. The molecule has 1 atom stereocenters. The maximum atomic E-state index is 12.7. The number of rotatable bonds is 4. The van der Waals surface area contributed by atoms with Crippen molar-refractivity contribution in [3.8, 4) is 0 Å². The largest absolute Gasteiger partial charge is 0.358 e. The lowest BCUT2D eigenvalue weighted by Gasteiger charge is -2.14. The highest BCUT2D eigenvalue weighted by molar-refractivity contribution is 6.05. The number of para-hydroxylation sites is 1. The number of nitrogens with one attached hydrogen (secondary N) is 3. The Hall–Kier alpha value is -3.75. The first kappa shape index (κ1) is 18.1. The molecule has 3 aromatic rings. The molecule has 0 spiro atoms. The van der Waals surface area contributed by atoms with Crippen LogP contribution in [0.15, 0.2) is 47.9 Å². The summed E-state index contributed by atoms with van der Waals surface area (Å²) in [4.78, 5) is 55.2. The summed E-state index contributed by atoms with van der Waals surface area (Å²) in [6, 6.07) is 4.04. The summed E-state index contributed by atoms with van der Waals surface area (Å²) in [5.41, 5.74) is 0.241. The summed E-state index contributed by atoms with van der Waals surface area (Å²) in [6.45, 7) is 2.87. The second-order valence-electron chi connectivity index (χ2n) is 5.95. The number of aromatic amines is 1. The summed E-state index contributed by atoms with van der Waals surface area (Å²) in [5.74, 6) is -1.27. The van der Waals surface area contributed by atoms with Gasteiger partial charge < -0.3 is 15.6 Å². The molecular weight excluding hydrogens is 350 g/mol. The van der Waals surface area contributed by atoms with Crippen LogP contribution in [0, 0.1) is 0 Å². The number of pyridine rings is 1. The zero-order valence-electron chi connectivity index (χ0n) is 14.6. The summed E-state index contributed by atoms with van der Waals surface area (Å²) < 4.78 is 1.21. The molecule has 1 aromatic carbocycles. The molecule has 9 nitrogen and oxygen atoms in total. The number of hydrogen-bond acceptors (Lipinski definition) is 5. The molecule has 0 saturated heterocycles. The smallest absolute Gasteiger partial charge is 0.268 e. The molecule has 2 amide bonds. The quantitative estimate of drug-likeness (QED) is 0.631. The Kier molecular flexibility index (Phi) is 4.84. The monoisotopic (exact) mass is 367 g/mol. The lowest BCUT2D eigenvalue weighted by Crippen LogP contribution is -2.40. The van der Waals surface area contributed by atoms with Gasteiger partial charge in [0.1, 0.15) is 17.9 Å². The van der Waals surface area contributed by atoms with E-state index in [2.05, 4.69) is 20.6 Å². The zero-order chi connectivity index (χ0) is 19.6. The summed E-state index contributed by atoms with van der Waals surface area (Å²) in [6.07, 6.45) is 5.51. The van der Waals surface area contributed by atoms with E-state index in [4.69, 9.17) is 0 Å². The first-order chi connectivity index (χ1) is 12.9. The molecule has 2 heterocycles. The maximum absolute atomic E-state index is 12.7.